The molecule has 0 aliphatic carbocycles. The molecule has 1 heterocycles. The standard InChI is InChI=1S/C24H24N2O2S/c1-3-4-8-13-28-22-12-11-18(15-23(22)27-2)14-20(16-25)24-26-21(17-29-24)19-9-6-5-7-10-19/h5-7,9-12,14-15,17H,3-4,8,13H2,1-2H3/b20-14-. The number of unbranched alkanes of at least 4 members (excludes halogenated alkanes) is 2. The van der Waals surface area contributed by atoms with Crippen LogP contribution in [0, 0.1) is 11.3 Å². The largest absolute Gasteiger partial charge is 0.493 e. The summed E-state index contributed by atoms with van der Waals surface area (Å²) in [5, 5.41) is 12.3. The number of aromatic nitrogens is 1. The zero-order valence-electron chi connectivity index (χ0n) is 16.7. The molecule has 0 saturated heterocycles. The van der Waals surface area contributed by atoms with Crippen LogP contribution in [0.2, 0.25) is 0 Å². The lowest BCUT2D eigenvalue weighted by Gasteiger charge is -2.11. The van der Waals surface area contributed by atoms with Gasteiger partial charge < -0.3 is 9.47 Å². The molecule has 5 heteroatoms. The molecular weight excluding hydrogens is 380 g/mol. The predicted octanol–water partition coefficient (Wildman–Crippen LogP) is 6.45. The van der Waals surface area contributed by atoms with E-state index in [1.165, 1.54) is 11.3 Å². The van der Waals surface area contributed by atoms with Crippen LogP contribution in [0.3, 0.4) is 0 Å². The molecule has 0 atom stereocenters. The third kappa shape index (κ3) is 5.46. The Labute approximate surface area is 176 Å². The first kappa shape index (κ1) is 20.6. The smallest absolute Gasteiger partial charge is 0.161 e. The Morgan fingerprint density at radius 3 is 2.69 bits per heavy atom. The number of allylic oxidation sites excluding steroid dienone is 1. The van der Waals surface area contributed by atoms with E-state index < -0.39 is 0 Å². The summed E-state index contributed by atoms with van der Waals surface area (Å²) in [5.74, 6) is 1.39. The Hall–Kier alpha value is -3.10. The van der Waals surface area contributed by atoms with Gasteiger partial charge in [-0.3, -0.25) is 0 Å². The van der Waals surface area contributed by atoms with Crippen LogP contribution in [-0.2, 0) is 0 Å². The van der Waals surface area contributed by atoms with Crippen molar-refractivity contribution in [3.8, 4) is 28.8 Å². The SMILES string of the molecule is CCCCCOc1ccc(/C=C(/C#N)c2nc(-c3ccccc3)cs2)cc1OC. The molecule has 0 unspecified atom stereocenters. The number of nitriles is 1. The van der Waals surface area contributed by atoms with Gasteiger partial charge in [0, 0.05) is 10.9 Å². The van der Waals surface area contributed by atoms with Crippen molar-refractivity contribution in [1.82, 2.24) is 4.98 Å². The minimum absolute atomic E-state index is 0.524. The summed E-state index contributed by atoms with van der Waals surface area (Å²) in [4.78, 5) is 4.64. The zero-order valence-corrected chi connectivity index (χ0v) is 17.5. The van der Waals surface area contributed by atoms with E-state index in [-0.39, 0.29) is 0 Å². The minimum atomic E-state index is 0.524. The van der Waals surface area contributed by atoms with Gasteiger partial charge in [-0.25, -0.2) is 4.98 Å². The first-order chi connectivity index (χ1) is 14.2. The van der Waals surface area contributed by atoms with Gasteiger partial charge >= 0.3 is 0 Å². The highest BCUT2D eigenvalue weighted by atomic mass is 32.1. The monoisotopic (exact) mass is 404 g/mol. The molecule has 0 aliphatic heterocycles. The Kier molecular flexibility index (Phi) is 7.43. The quantitative estimate of drug-likeness (QED) is 0.304. The highest BCUT2D eigenvalue weighted by Crippen LogP contribution is 2.31. The molecule has 2 aromatic carbocycles. The normalized spacial score (nSPS) is 11.1. The van der Waals surface area contributed by atoms with Gasteiger partial charge in [-0.2, -0.15) is 5.26 Å². The molecule has 0 bridgehead atoms. The maximum absolute atomic E-state index is 9.66. The van der Waals surface area contributed by atoms with Gasteiger partial charge in [0.1, 0.15) is 11.1 Å². The molecule has 0 radical (unpaired) electrons. The van der Waals surface area contributed by atoms with E-state index >= 15 is 0 Å². The van der Waals surface area contributed by atoms with Crippen LogP contribution in [0.4, 0.5) is 0 Å². The molecule has 4 nitrogen and oxygen atoms in total. The van der Waals surface area contributed by atoms with Crippen molar-refractivity contribution in [3.05, 3.63) is 64.5 Å². The molecule has 0 spiro atoms. The molecule has 3 aromatic rings. The molecule has 0 amide bonds. The maximum Gasteiger partial charge on any atom is 0.161 e. The maximum atomic E-state index is 9.66. The third-order valence-corrected chi connectivity index (χ3v) is 5.30. The number of ether oxygens (including phenoxy) is 2. The Morgan fingerprint density at radius 2 is 1.97 bits per heavy atom. The zero-order chi connectivity index (χ0) is 20.5. The fraction of sp³-hybridized carbons (Fsp3) is 0.250. The van der Waals surface area contributed by atoms with Crippen molar-refractivity contribution >= 4 is 23.0 Å². The van der Waals surface area contributed by atoms with Crippen molar-refractivity contribution in [2.45, 2.75) is 26.2 Å². The fourth-order valence-corrected chi connectivity index (χ4v) is 3.67. The topological polar surface area (TPSA) is 55.1 Å². The van der Waals surface area contributed by atoms with E-state index in [0.717, 1.165) is 41.8 Å². The second-order valence-electron chi connectivity index (χ2n) is 6.54. The number of methoxy groups -OCH3 is 1. The summed E-state index contributed by atoms with van der Waals surface area (Å²) in [7, 11) is 1.62. The van der Waals surface area contributed by atoms with E-state index in [1.807, 2.05) is 60.0 Å². The summed E-state index contributed by atoms with van der Waals surface area (Å²) in [5.41, 5.74) is 3.31. The van der Waals surface area contributed by atoms with Gasteiger partial charge in [-0.1, -0.05) is 56.2 Å². The van der Waals surface area contributed by atoms with Crippen LogP contribution in [0.1, 0.15) is 36.8 Å². The van der Waals surface area contributed by atoms with Crippen molar-refractivity contribution < 1.29 is 9.47 Å². The van der Waals surface area contributed by atoms with Gasteiger partial charge in [0.25, 0.3) is 0 Å². The van der Waals surface area contributed by atoms with E-state index in [2.05, 4.69) is 18.0 Å². The minimum Gasteiger partial charge on any atom is -0.493 e. The van der Waals surface area contributed by atoms with Gasteiger partial charge in [0.2, 0.25) is 0 Å². The first-order valence-electron chi connectivity index (χ1n) is 9.69. The highest BCUT2D eigenvalue weighted by Gasteiger charge is 2.10. The number of thiazole rings is 1. The van der Waals surface area contributed by atoms with E-state index in [9.17, 15) is 5.26 Å². The van der Waals surface area contributed by atoms with Crippen LogP contribution >= 0.6 is 11.3 Å². The van der Waals surface area contributed by atoms with Crippen molar-refractivity contribution in [2.75, 3.05) is 13.7 Å². The lowest BCUT2D eigenvalue weighted by molar-refractivity contribution is 0.286. The van der Waals surface area contributed by atoms with Gasteiger partial charge in [0.15, 0.2) is 11.5 Å². The number of hydrogen-bond acceptors (Lipinski definition) is 5. The van der Waals surface area contributed by atoms with Crippen LogP contribution in [0.15, 0.2) is 53.9 Å². The van der Waals surface area contributed by atoms with E-state index in [0.29, 0.717) is 22.9 Å². The molecule has 29 heavy (non-hydrogen) atoms. The third-order valence-electron chi connectivity index (χ3n) is 4.43. The lowest BCUT2D eigenvalue weighted by atomic mass is 10.1. The summed E-state index contributed by atoms with van der Waals surface area (Å²) < 4.78 is 11.3. The van der Waals surface area contributed by atoms with Crippen molar-refractivity contribution in [3.63, 3.8) is 0 Å². The second-order valence-corrected chi connectivity index (χ2v) is 7.40. The number of hydrogen-bond donors (Lipinski definition) is 0. The van der Waals surface area contributed by atoms with E-state index in [4.69, 9.17) is 9.47 Å². The second kappa shape index (κ2) is 10.4. The van der Waals surface area contributed by atoms with Crippen molar-refractivity contribution in [2.24, 2.45) is 0 Å². The molecule has 0 aliphatic rings. The van der Waals surface area contributed by atoms with Crippen LogP contribution in [0.25, 0.3) is 22.9 Å². The molecule has 148 valence electrons. The summed E-state index contributed by atoms with van der Waals surface area (Å²) in [6, 6.07) is 17.9. The average Bonchev–Trinajstić information content (AvgIpc) is 3.26. The predicted molar refractivity (Wildman–Crippen MR) is 119 cm³/mol. The Balaban J connectivity index is 1.80. The highest BCUT2D eigenvalue weighted by molar-refractivity contribution is 7.11. The molecule has 0 N–H and O–H groups in total. The van der Waals surface area contributed by atoms with Crippen LogP contribution < -0.4 is 9.47 Å². The molecule has 0 fully saturated rings. The number of rotatable bonds is 9. The van der Waals surface area contributed by atoms with Gasteiger partial charge in [0.05, 0.1) is 25.0 Å². The fourth-order valence-electron chi connectivity index (χ4n) is 2.87. The average molecular weight is 405 g/mol. The number of nitrogens with zero attached hydrogens (tertiary/aromatic N) is 2. The van der Waals surface area contributed by atoms with Gasteiger partial charge in [-0.15, -0.1) is 11.3 Å². The molecule has 0 saturated carbocycles. The van der Waals surface area contributed by atoms with Crippen LogP contribution in [-0.4, -0.2) is 18.7 Å². The number of benzene rings is 2. The Bertz CT molecular complexity index is 1000. The van der Waals surface area contributed by atoms with Gasteiger partial charge in [-0.05, 0) is 30.2 Å². The lowest BCUT2D eigenvalue weighted by Crippen LogP contribution is -1.99. The van der Waals surface area contributed by atoms with E-state index in [1.54, 1.807) is 7.11 Å². The summed E-state index contributed by atoms with van der Waals surface area (Å²) >= 11 is 1.47. The Morgan fingerprint density at radius 1 is 1.14 bits per heavy atom. The molecule has 3 rings (SSSR count). The first-order valence-corrected chi connectivity index (χ1v) is 10.6. The summed E-state index contributed by atoms with van der Waals surface area (Å²) in [6.07, 6.45) is 5.15. The van der Waals surface area contributed by atoms with Crippen molar-refractivity contribution in [1.29, 1.82) is 5.26 Å². The molecule has 1 aromatic heterocycles. The van der Waals surface area contributed by atoms with Crippen LogP contribution in [0.5, 0.6) is 11.5 Å². The summed E-state index contributed by atoms with van der Waals surface area (Å²) in [6.45, 7) is 2.84. The molecular formula is C24H24N2O2S.